The summed E-state index contributed by atoms with van der Waals surface area (Å²) in [4.78, 5) is 0. The fourth-order valence-electron chi connectivity index (χ4n) is 1.43. The third-order valence-electron chi connectivity index (χ3n) is 2.26. The number of hydrogen-bond acceptors (Lipinski definition) is 5. The molecule has 0 N–H and O–H groups in total. The molecule has 0 saturated heterocycles. The van der Waals surface area contributed by atoms with E-state index < -0.39 is 0 Å². The standard InChI is InChI=1S/C11H14N4OS/c1-3-17-11-12-13-14-15(11)8-9-4-6-10(16-2)7-5-9/h4-7H,3,8H2,1-2H3. The molecule has 0 radical (unpaired) electrons. The molecule has 0 amide bonds. The van der Waals surface area contributed by atoms with Gasteiger partial charge in [-0.3, -0.25) is 0 Å². The van der Waals surface area contributed by atoms with Gasteiger partial charge in [0.1, 0.15) is 5.75 Å². The number of thioether (sulfide) groups is 1. The average Bonchev–Trinajstić information content (AvgIpc) is 2.78. The van der Waals surface area contributed by atoms with Gasteiger partial charge in [-0.05, 0) is 33.9 Å². The van der Waals surface area contributed by atoms with Crippen LogP contribution >= 0.6 is 11.8 Å². The van der Waals surface area contributed by atoms with E-state index in [2.05, 4.69) is 22.4 Å². The van der Waals surface area contributed by atoms with E-state index >= 15 is 0 Å². The van der Waals surface area contributed by atoms with Gasteiger partial charge in [0.15, 0.2) is 0 Å². The van der Waals surface area contributed by atoms with Crippen molar-refractivity contribution in [1.29, 1.82) is 0 Å². The van der Waals surface area contributed by atoms with Crippen LogP contribution in [0, 0.1) is 0 Å². The van der Waals surface area contributed by atoms with Crippen LogP contribution in [0.25, 0.3) is 0 Å². The van der Waals surface area contributed by atoms with E-state index in [1.165, 1.54) is 0 Å². The van der Waals surface area contributed by atoms with E-state index in [0.29, 0.717) is 6.54 Å². The lowest BCUT2D eigenvalue weighted by Gasteiger charge is -2.04. The highest BCUT2D eigenvalue weighted by Gasteiger charge is 2.06. The molecule has 0 spiro atoms. The molecule has 90 valence electrons. The first-order valence-corrected chi connectivity index (χ1v) is 6.34. The number of aromatic nitrogens is 4. The van der Waals surface area contributed by atoms with Crippen LogP contribution in [0.3, 0.4) is 0 Å². The smallest absolute Gasteiger partial charge is 0.209 e. The van der Waals surface area contributed by atoms with Gasteiger partial charge >= 0.3 is 0 Å². The fourth-order valence-corrected chi connectivity index (χ4v) is 2.03. The fraction of sp³-hybridized carbons (Fsp3) is 0.364. The van der Waals surface area contributed by atoms with Crippen LogP contribution in [-0.2, 0) is 6.54 Å². The normalized spacial score (nSPS) is 10.5. The Bertz CT molecular complexity index is 469. The predicted molar refractivity (Wildman–Crippen MR) is 66.3 cm³/mol. The highest BCUT2D eigenvalue weighted by atomic mass is 32.2. The minimum Gasteiger partial charge on any atom is -0.497 e. The van der Waals surface area contributed by atoms with Gasteiger partial charge in [-0.25, -0.2) is 4.68 Å². The number of rotatable bonds is 5. The Labute approximate surface area is 104 Å². The first-order chi connectivity index (χ1) is 8.33. The maximum Gasteiger partial charge on any atom is 0.209 e. The molecule has 17 heavy (non-hydrogen) atoms. The number of ether oxygens (including phenoxy) is 1. The van der Waals surface area contributed by atoms with Gasteiger partial charge in [-0.2, -0.15) is 0 Å². The summed E-state index contributed by atoms with van der Waals surface area (Å²) in [5.74, 6) is 1.82. The summed E-state index contributed by atoms with van der Waals surface area (Å²) in [7, 11) is 1.66. The van der Waals surface area contributed by atoms with Crippen molar-refractivity contribution in [3.63, 3.8) is 0 Å². The summed E-state index contributed by atoms with van der Waals surface area (Å²) in [6, 6.07) is 7.90. The van der Waals surface area contributed by atoms with E-state index in [4.69, 9.17) is 4.74 Å². The van der Waals surface area contributed by atoms with Crippen LogP contribution in [-0.4, -0.2) is 33.1 Å². The molecule has 0 aliphatic rings. The summed E-state index contributed by atoms with van der Waals surface area (Å²) in [5.41, 5.74) is 1.15. The SMILES string of the molecule is CCSc1nnnn1Cc1ccc(OC)cc1. The number of hydrogen-bond donors (Lipinski definition) is 0. The second kappa shape index (κ2) is 5.67. The topological polar surface area (TPSA) is 52.8 Å². The van der Waals surface area contributed by atoms with Gasteiger partial charge in [0, 0.05) is 0 Å². The van der Waals surface area contributed by atoms with Crippen molar-refractivity contribution < 1.29 is 4.74 Å². The number of benzene rings is 1. The van der Waals surface area contributed by atoms with E-state index in [1.54, 1.807) is 23.6 Å². The zero-order valence-electron chi connectivity index (χ0n) is 9.83. The van der Waals surface area contributed by atoms with Crippen LogP contribution in [0.2, 0.25) is 0 Å². The van der Waals surface area contributed by atoms with Crippen molar-refractivity contribution in [1.82, 2.24) is 20.2 Å². The first kappa shape index (κ1) is 11.9. The van der Waals surface area contributed by atoms with Crippen LogP contribution < -0.4 is 4.74 Å². The summed E-state index contributed by atoms with van der Waals surface area (Å²) in [5, 5.41) is 12.5. The van der Waals surface area contributed by atoms with Crippen molar-refractivity contribution in [2.75, 3.05) is 12.9 Å². The van der Waals surface area contributed by atoms with Crippen LogP contribution in [0.5, 0.6) is 5.75 Å². The van der Waals surface area contributed by atoms with Gasteiger partial charge in [-0.1, -0.05) is 30.8 Å². The highest BCUT2D eigenvalue weighted by Crippen LogP contribution is 2.16. The zero-order valence-corrected chi connectivity index (χ0v) is 10.6. The van der Waals surface area contributed by atoms with E-state index in [1.807, 2.05) is 24.3 Å². The molecule has 0 fully saturated rings. The largest absolute Gasteiger partial charge is 0.497 e. The minimum atomic E-state index is 0.680. The molecule has 0 atom stereocenters. The Kier molecular flexibility index (Phi) is 3.98. The average molecular weight is 250 g/mol. The second-order valence-corrected chi connectivity index (χ2v) is 4.63. The Morgan fingerprint density at radius 2 is 2.06 bits per heavy atom. The molecule has 5 nitrogen and oxygen atoms in total. The molecule has 0 aliphatic heterocycles. The molecule has 0 bridgehead atoms. The van der Waals surface area contributed by atoms with Crippen LogP contribution in [0.15, 0.2) is 29.4 Å². The monoisotopic (exact) mass is 250 g/mol. The molecule has 1 aromatic carbocycles. The Morgan fingerprint density at radius 3 is 2.71 bits per heavy atom. The number of methoxy groups -OCH3 is 1. The molecule has 0 unspecified atom stereocenters. The lowest BCUT2D eigenvalue weighted by molar-refractivity contribution is 0.414. The Morgan fingerprint density at radius 1 is 1.29 bits per heavy atom. The van der Waals surface area contributed by atoms with Crippen LogP contribution in [0.4, 0.5) is 0 Å². The molecular weight excluding hydrogens is 236 g/mol. The molecule has 0 aliphatic carbocycles. The van der Waals surface area contributed by atoms with Crippen molar-refractivity contribution in [2.24, 2.45) is 0 Å². The number of tetrazole rings is 1. The van der Waals surface area contributed by atoms with Gasteiger partial charge in [0.25, 0.3) is 0 Å². The summed E-state index contributed by atoms with van der Waals surface area (Å²) >= 11 is 1.64. The number of nitrogens with zero attached hydrogens (tertiary/aromatic N) is 4. The third kappa shape index (κ3) is 2.97. The molecule has 1 heterocycles. The van der Waals surface area contributed by atoms with Crippen molar-refractivity contribution in [3.05, 3.63) is 29.8 Å². The van der Waals surface area contributed by atoms with Crippen LogP contribution in [0.1, 0.15) is 12.5 Å². The van der Waals surface area contributed by atoms with E-state index in [-0.39, 0.29) is 0 Å². The van der Waals surface area contributed by atoms with Gasteiger partial charge in [0.2, 0.25) is 5.16 Å². The van der Waals surface area contributed by atoms with E-state index in [0.717, 1.165) is 22.2 Å². The summed E-state index contributed by atoms with van der Waals surface area (Å²) in [6.45, 7) is 2.76. The van der Waals surface area contributed by atoms with Crippen molar-refractivity contribution in [3.8, 4) is 5.75 Å². The first-order valence-electron chi connectivity index (χ1n) is 5.35. The zero-order chi connectivity index (χ0) is 12.1. The second-order valence-electron chi connectivity index (χ2n) is 3.40. The van der Waals surface area contributed by atoms with Gasteiger partial charge < -0.3 is 4.74 Å². The molecule has 2 aromatic rings. The quantitative estimate of drug-likeness (QED) is 0.758. The van der Waals surface area contributed by atoms with Gasteiger partial charge in [-0.15, -0.1) is 5.10 Å². The Balaban J connectivity index is 2.10. The highest BCUT2D eigenvalue weighted by molar-refractivity contribution is 7.99. The van der Waals surface area contributed by atoms with Crippen molar-refractivity contribution in [2.45, 2.75) is 18.6 Å². The predicted octanol–water partition coefficient (Wildman–Crippen LogP) is 1.84. The molecular formula is C11H14N4OS. The third-order valence-corrected chi connectivity index (χ3v) is 3.10. The maximum absolute atomic E-state index is 5.12. The summed E-state index contributed by atoms with van der Waals surface area (Å²) < 4.78 is 6.92. The lowest BCUT2D eigenvalue weighted by atomic mass is 10.2. The lowest BCUT2D eigenvalue weighted by Crippen LogP contribution is -2.03. The van der Waals surface area contributed by atoms with Crippen molar-refractivity contribution >= 4 is 11.8 Å². The minimum absolute atomic E-state index is 0.680. The Hall–Kier alpha value is -1.56. The maximum atomic E-state index is 5.12. The summed E-state index contributed by atoms with van der Waals surface area (Å²) in [6.07, 6.45) is 0. The van der Waals surface area contributed by atoms with Gasteiger partial charge in [0.05, 0.1) is 13.7 Å². The van der Waals surface area contributed by atoms with E-state index in [9.17, 15) is 0 Å². The molecule has 2 rings (SSSR count). The molecule has 1 aromatic heterocycles. The molecule has 0 saturated carbocycles. The molecule has 6 heteroatoms.